The molecule has 0 bridgehead atoms. The van der Waals surface area contributed by atoms with Crippen molar-refractivity contribution in [2.75, 3.05) is 7.11 Å². The van der Waals surface area contributed by atoms with E-state index in [9.17, 15) is 0 Å². The van der Waals surface area contributed by atoms with E-state index in [1.807, 2.05) is 0 Å². The molecule has 0 radical (unpaired) electrons. The number of methoxy groups -OCH3 is 1. The lowest BCUT2D eigenvalue weighted by Crippen LogP contribution is -2.29. The van der Waals surface area contributed by atoms with Crippen LogP contribution in [0.5, 0.6) is 5.75 Å². The molecule has 1 atom stereocenters. The van der Waals surface area contributed by atoms with Crippen LogP contribution in [0, 0.1) is 13.8 Å². The molecule has 0 aliphatic heterocycles. The summed E-state index contributed by atoms with van der Waals surface area (Å²) >= 11 is 1.74. The predicted octanol–water partition coefficient (Wildman–Crippen LogP) is 3.49. The quantitative estimate of drug-likeness (QED) is 0.654. The van der Waals surface area contributed by atoms with Gasteiger partial charge in [-0.1, -0.05) is 13.0 Å². The Hall–Kier alpha value is -1.36. The lowest BCUT2D eigenvalue weighted by Gasteiger charge is -2.22. The number of nitrogens with one attached hydrogen (secondary N) is 1. The van der Waals surface area contributed by atoms with Gasteiger partial charge in [0.2, 0.25) is 0 Å². The maximum Gasteiger partial charge on any atom is 0.124 e. The van der Waals surface area contributed by atoms with E-state index >= 15 is 0 Å². The van der Waals surface area contributed by atoms with Crippen LogP contribution in [0.25, 0.3) is 0 Å². The van der Waals surface area contributed by atoms with Gasteiger partial charge in [-0.3, -0.25) is 5.84 Å². The van der Waals surface area contributed by atoms with Crippen molar-refractivity contribution < 1.29 is 4.74 Å². The molecule has 1 aromatic carbocycles. The first-order valence-electron chi connectivity index (χ1n) is 6.79. The maximum atomic E-state index is 5.85. The smallest absolute Gasteiger partial charge is 0.124 e. The molecule has 0 aliphatic carbocycles. The fraction of sp³-hybridized carbons (Fsp3) is 0.375. The van der Waals surface area contributed by atoms with Crippen LogP contribution in [-0.2, 0) is 6.42 Å². The highest BCUT2D eigenvalue weighted by Crippen LogP contribution is 2.37. The molecular formula is C16H22N2OS. The van der Waals surface area contributed by atoms with Gasteiger partial charge in [0, 0.05) is 10.4 Å². The number of hydrazine groups is 1. The monoisotopic (exact) mass is 290 g/mol. The van der Waals surface area contributed by atoms with E-state index < -0.39 is 0 Å². The van der Waals surface area contributed by atoms with Crippen molar-refractivity contribution in [2.45, 2.75) is 33.2 Å². The molecule has 0 amide bonds. The number of nitrogens with two attached hydrogens (primary N) is 1. The first kappa shape index (κ1) is 15.0. The van der Waals surface area contributed by atoms with Crippen molar-refractivity contribution in [3.8, 4) is 5.75 Å². The van der Waals surface area contributed by atoms with Crippen molar-refractivity contribution in [1.29, 1.82) is 0 Å². The predicted molar refractivity (Wildman–Crippen MR) is 85.3 cm³/mol. The fourth-order valence-corrected chi connectivity index (χ4v) is 3.73. The Morgan fingerprint density at radius 1 is 1.35 bits per heavy atom. The first-order chi connectivity index (χ1) is 9.62. The normalized spacial score (nSPS) is 12.4. The molecule has 2 aromatic rings. The highest BCUT2D eigenvalue weighted by Gasteiger charge is 2.22. The molecule has 0 saturated heterocycles. The highest BCUT2D eigenvalue weighted by atomic mass is 32.1. The van der Waals surface area contributed by atoms with Gasteiger partial charge in [0.05, 0.1) is 13.2 Å². The van der Waals surface area contributed by atoms with Crippen molar-refractivity contribution in [3.05, 3.63) is 50.7 Å². The molecule has 0 aliphatic rings. The molecule has 108 valence electrons. The van der Waals surface area contributed by atoms with E-state index in [4.69, 9.17) is 10.6 Å². The maximum absolute atomic E-state index is 5.85. The largest absolute Gasteiger partial charge is 0.496 e. The van der Waals surface area contributed by atoms with Gasteiger partial charge in [0.1, 0.15) is 5.75 Å². The second-order valence-electron chi connectivity index (χ2n) is 4.96. The van der Waals surface area contributed by atoms with Crippen LogP contribution in [0.4, 0.5) is 0 Å². The van der Waals surface area contributed by atoms with Crippen LogP contribution in [-0.4, -0.2) is 7.11 Å². The summed E-state index contributed by atoms with van der Waals surface area (Å²) in [5.41, 5.74) is 7.81. The van der Waals surface area contributed by atoms with E-state index in [1.54, 1.807) is 18.4 Å². The fourth-order valence-electron chi connectivity index (χ4n) is 2.66. The van der Waals surface area contributed by atoms with Crippen molar-refractivity contribution >= 4 is 11.3 Å². The summed E-state index contributed by atoms with van der Waals surface area (Å²) < 4.78 is 5.57. The number of rotatable bonds is 5. The molecule has 3 nitrogen and oxygen atoms in total. The summed E-state index contributed by atoms with van der Waals surface area (Å²) in [5, 5.41) is 2.12. The van der Waals surface area contributed by atoms with E-state index in [0.29, 0.717) is 0 Å². The van der Waals surface area contributed by atoms with Crippen LogP contribution in [0.3, 0.4) is 0 Å². The molecule has 0 spiro atoms. The molecule has 20 heavy (non-hydrogen) atoms. The van der Waals surface area contributed by atoms with Crippen LogP contribution < -0.4 is 16.0 Å². The Bertz CT molecular complexity index is 592. The van der Waals surface area contributed by atoms with E-state index in [2.05, 4.69) is 49.8 Å². The third kappa shape index (κ3) is 2.73. The number of hydrogen-bond acceptors (Lipinski definition) is 4. The number of benzene rings is 1. The zero-order chi connectivity index (χ0) is 14.7. The minimum absolute atomic E-state index is 0.0273. The zero-order valence-electron chi connectivity index (χ0n) is 12.5. The first-order valence-corrected chi connectivity index (χ1v) is 7.67. The number of hydrogen-bond donors (Lipinski definition) is 2. The Balaban J connectivity index is 2.58. The lowest BCUT2D eigenvalue weighted by atomic mass is 9.95. The van der Waals surface area contributed by atoms with Crippen LogP contribution in [0.1, 0.15) is 40.1 Å². The topological polar surface area (TPSA) is 47.3 Å². The number of ether oxygens (including phenoxy) is 1. The standard InChI is InChI=1S/C16H22N2OS/c1-5-12-6-7-20-16(12)15(18-17)14-11(3)8-10(2)9-13(14)19-4/h6-9,15,18H,5,17H2,1-4H3. The molecule has 1 aromatic heterocycles. The van der Waals surface area contributed by atoms with Gasteiger partial charge in [-0.2, -0.15) is 0 Å². The summed E-state index contributed by atoms with van der Waals surface area (Å²) in [6, 6.07) is 6.37. The summed E-state index contributed by atoms with van der Waals surface area (Å²) in [7, 11) is 1.71. The molecule has 2 rings (SSSR count). The molecule has 3 N–H and O–H groups in total. The highest BCUT2D eigenvalue weighted by molar-refractivity contribution is 7.10. The van der Waals surface area contributed by atoms with Gasteiger partial charge in [-0.15, -0.1) is 11.3 Å². The van der Waals surface area contributed by atoms with Gasteiger partial charge < -0.3 is 4.74 Å². The van der Waals surface area contributed by atoms with Gasteiger partial charge in [-0.25, -0.2) is 5.43 Å². The van der Waals surface area contributed by atoms with E-state index in [-0.39, 0.29) is 6.04 Å². The van der Waals surface area contributed by atoms with E-state index in [0.717, 1.165) is 17.7 Å². The van der Waals surface area contributed by atoms with E-state index in [1.165, 1.54) is 21.6 Å². The van der Waals surface area contributed by atoms with Crippen molar-refractivity contribution in [2.24, 2.45) is 5.84 Å². The third-order valence-corrected chi connectivity index (χ3v) is 4.62. The lowest BCUT2D eigenvalue weighted by molar-refractivity contribution is 0.403. The minimum Gasteiger partial charge on any atom is -0.496 e. The van der Waals surface area contributed by atoms with Crippen LogP contribution in [0.2, 0.25) is 0 Å². The van der Waals surface area contributed by atoms with Gasteiger partial charge in [-0.05, 0) is 54.5 Å². The summed E-state index contributed by atoms with van der Waals surface area (Å²) in [5.74, 6) is 6.74. The Labute approximate surface area is 124 Å². The Morgan fingerprint density at radius 2 is 2.10 bits per heavy atom. The average molecular weight is 290 g/mol. The molecule has 1 heterocycles. The van der Waals surface area contributed by atoms with Gasteiger partial charge in [0.25, 0.3) is 0 Å². The Kier molecular flexibility index (Phi) is 4.81. The summed E-state index contributed by atoms with van der Waals surface area (Å²) in [4.78, 5) is 1.26. The molecule has 0 saturated carbocycles. The average Bonchev–Trinajstić information content (AvgIpc) is 2.89. The summed E-state index contributed by atoms with van der Waals surface area (Å²) in [6.45, 7) is 6.35. The van der Waals surface area contributed by atoms with Crippen molar-refractivity contribution in [3.63, 3.8) is 0 Å². The van der Waals surface area contributed by atoms with Crippen molar-refractivity contribution in [1.82, 2.24) is 5.43 Å². The summed E-state index contributed by atoms with van der Waals surface area (Å²) in [6.07, 6.45) is 1.00. The number of thiophene rings is 1. The second kappa shape index (κ2) is 6.39. The molecule has 1 unspecified atom stereocenters. The Morgan fingerprint density at radius 3 is 2.70 bits per heavy atom. The molecule has 0 fully saturated rings. The molecule has 4 heteroatoms. The van der Waals surface area contributed by atoms with Gasteiger partial charge in [0.15, 0.2) is 0 Å². The minimum atomic E-state index is -0.0273. The second-order valence-corrected chi connectivity index (χ2v) is 5.91. The third-order valence-electron chi connectivity index (χ3n) is 3.59. The van der Waals surface area contributed by atoms with Crippen LogP contribution in [0.15, 0.2) is 23.6 Å². The number of aryl methyl sites for hydroxylation is 3. The van der Waals surface area contributed by atoms with Gasteiger partial charge >= 0.3 is 0 Å². The SMILES string of the molecule is CCc1ccsc1C(NN)c1c(C)cc(C)cc1OC. The molecular weight excluding hydrogens is 268 g/mol. The zero-order valence-corrected chi connectivity index (χ0v) is 13.3. The van der Waals surface area contributed by atoms with Crippen LogP contribution >= 0.6 is 11.3 Å².